The summed E-state index contributed by atoms with van der Waals surface area (Å²) in [5.74, 6) is -0.627. The van der Waals surface area contributed by atoms with E-state index in [1.165, 1.54) is 11.3 Å². The van der Waals surface area contributed by atoms with E-state index in [1.54, 1.807) is 11.0 Å². The molecule has 126 valence electrons. The SMILES string of the molecule is CC(C)NC(=O)CNC(=O)C1CCCN(C(=O)c2cccs2)C1. The molecular formula is C16H23N3O3S. The molecule has 6 nitrogen and oxygen atoms in total. The number of nitrogens with zero attached hydrogens (tertiary/aromatic N) is 1. The zero-order valence-corrected chi connectivity index (χ0v) is 14.3. The van der Waals surface area contributed by atoms with Gasteiger partial charge < -0.3 is 15.5 Å². The molecule has 3 amide bonds. The van der Waals surface area contributed by atoms with Crippen LogP contribution in [0.25, 0.3) is 0 Å². The molecule has 0 aliphatic carbocycles. The molecule has 1 aromatic rings. The Morgan fingerprint density at radius 1 is 1.39 bits per heavy atom. The number of nitrogens with one attached hydrogen (secondary N) is 2. The molecule has 1 atom stereocenters. The van der Waals surface area contributed by atoms with Gasteiger partial charge in [0.1, 0.15) is 0 Å². The highest BCUT2D eigenvalue weighted by Crippen LogP contribution is 2.20. The molecule has 2 N–H and O–H groups in total. The van der Waals surface area contributed by atoms with Gasteiger partial charge in [0.2, 0.25) is 11.8 Å². The predicted molar refractivity (Wildman–Crippen MR) is 89.2 cm³/mol. The van der Waals surface area contributed by atoms with Gasteiger partial charge >= 0.3 is 0 Å². The van der Waals surface area contributed by atoms with Crippen molar-refractivity contribution in [2.75, 3.05) is 19.6 Å². The lowest BCUT2D eigenvalue weighted by Gasteiger charge is -2.31. The molecule has 0 radical (unpaired) electrons. The van der Waals surface area contributed by atoms with Crippen LogP contribution in [0, 0.1) is 5.92 Å². The van der Waals surface area contributed by atoms with Gasteiger partial charge in [0.15, 0.2) is 0 Å². The fourth-order valence-electron chi connectivity index (χ4n) is 2.62. The lowest BCUT2D eigenvalue weighted by molar-refractivity contribution is -0.129. The number of hydrogen-bond donors (Lipinski definition) is 2. The van der Waals surface area contributed by atoms with Gasteiger partial charge in [0.05, 0.1) is 17.3 Å². The van der Waals surface area contributed by atoms with Crippen molar-refractivity contribution in [2.24, 2.45) is 5.92 Å². The van der Waals surface area contributed by atoms with Gasteiger partial charge in [-0.3, -0.25) is 14.4 Å². The van der Waals surface area contributed by atoms with Crippen LogP contribution >= 0.6 is 11.3 Å². The number of hydrogen-bond acceptors (Lipinski definition) is 4. The predicted octanol–water partition coefficient (Wildman–Crippen LogP) is 1.24. The molecule has 1 aromatic heterocycles. The summed E-state index contributed by atoms with van der Waals surface area (Å²) in [5.41, 5.74) is 0. The Morgan fingerprint density at radius 3 is 2.83 bits per heavy atom. The summed E-state index contributed by atoms with van der Waals surface area (Å²) in [6.07, 6.45) is 1.54. The smallest absolute Gasteiger partial charge is 0.263 e. The zero-order chi connectivity index (χ0) is 16.8. The average molecular weight is 337 g/mol. The number of piperidine rings is 1. The van der Waals surface area contributed by atoms with Gasteiger partial charge in [-0.05, 0) is 38.1 Å². The van der Waals surface area contributed by atoms with Gasteiger partial charge in [-0.2, -0.15) is 0 Å². The van der Waals surface area contributed by atoms with Crippen LogP contribution in [0.15, 0.2) is 17.5 Å². The minimum Gasteiger partial charge on any atom is -0.352 e. The Labute approximate surface area is 140 Å². The van der Waals surface area contributed by atoms with Crippen molar-refractivity contribution < 1.29 is 14.4 Å². The molecule has 23 heavy (non-hydrogen) atoms. The molecule has 0 bridgehead atoms. The highest BCUT2D eigenvalue weighted by Gasteiger charge is 2.29. The number of carbonyl (C=O) groups excluding carboxylic acids is 3. The summed E-state index contributed by atoms with van der Waals surface area (Å²) >= 11 is 1.41. The van der Waals surface area contributed by atoms with E-state index in [2.05, 4.69) is 10.6 Å². The third kappa shape index (κ3) is 5.06. The minimum atomic E-state index is -0.250. The number of thiophene rings is 1. The van der Waals surface area contributed by atoms with Gasteiger partial charge in [-0.25, -0.2) is 0 Å². The van der Waals surface area contributed by atoms with Crippen molar-refractivity contribution >= 4 is 29.1 Å². The first-order valence-corrected chi connectivity index (χ1v) is 8.75. The molecule has 1 fully saturated rings. The van der Waals surface area contributed by atoms with E-state index in [1.807, 2.05) is 25.3 Å². The molecule has 1 aliphatic heterocycles. The summed E-state index contributed by atoms with van der Waals surface area (Å²) in [5, 5.41) is 7.26. The fraction of sp³-hybridized carbons (Fsp3) is 0.562. The summed E-state index contributed by atoms with van der Waals surface area (Å²) in [6, 6.07) is 3.69. The lowest BCUT2D eigenvalue weighted by atomic mass is 9.97. The quantitative estimate of drug-likeness (QED) is 0.848. The van der Waals surface area contributed by atoms with E-state index in [4.69, 9.17) is 0 Å². The van der Waals surface area contributed by atoms with E-state index >= 15 is 0 Å². The first-order valence-electron chi connectivity index (χ1n) is 7.87. The Kier molecular flexibility index (Phi) is 6.15. The molecule has 1 unspecified atom stereocenters. The zero-order valence-electron chi connectivity index (χ0n) is 13.5. The molecule has 7 heteroatoms. The van der Waals surface area contributed by atoms with E-state index < -0.39 is 0 Å². The number of likely N-dealkylation sites (tertiary alicyclic amines) is 1. The van der Waals surface area contributed by atoms with Crippen LogP contribution in [0.1, 0.15) is 36.4 Å². The van der Waals surface area contributed by atoms with Crippen molar-refractivity contribution in [2.45, 2.75) is 32.7 Å². The highest BCUT2D eigenvalue weighted by atomic mass is 32.1. The maximum atomic E-state index is 12.4. The summed E-state index contributed by atoms with van der Waals surface area (Å²) < 4.78 is 0. The van der Waals surface area contributed by atoms with E-state index in [0.29, 0.717) is 18.0 Å². The summed E-state index contributed by atoms with van der Waals surface area (Å²) in [4.78, 5) is 38.6. The van der Waals surface area contributed by atoms with Crippen molar-refractivity contribution in [3.8, 4) is 0 Å². The Morgan fingerprint density at radius 2 is 2.17 bits per heavy atom. The van der Waals surface area contributed by atoms with Crippen molar-refractivity contribution in [3.05, 3.63) is 22.4 Å². The number of carbonyl (C=O) groups is 3. The van der Waals surface area contributed by atoms with Gasteiger partial charge in [0.25, 0.3) is 5.91 Å². The fourth-order valence-corrected chi connectivity index (χ4v) is 3.31. The maximum absolute atomic E-state index is 12.4. The molecule has 0 spiro atoms. The van der Waals surface area contributed by atoms with Crippen LogP contribution in [0.2, 0.25) is 0 Å². The standard InChI is InChI=1S/C16H23N3O3S/c1-11(2)18-14(20)9-17-15(21)12-5-3-7-19(10-12)16(22)13-6-4-8-23-13/h4,6,8,11-12H,3,5,7,9-10H2,1-2H3,(H,17,21)(H,18,20). The summed E-state index contributed by atoms with van der Waals surface area (Å²) in [7, 11) is 0. The summed E-state index contributed by atoms with van der Waals surface area (Å²) in [6.45, 7) is 4.80. The normalized spacial score (nSPS) is 17.9. The van der Waals surface area contributed by atoms with Crippen molar-refractivity contribution in [1.29, 1.82) is 0 Å². The largest absolute Gasteiger partial charge is 0.352 e. The second-order valence-corrected chi connectivity index (χ2v) is 6.96. The molecule has 1 saturated heterocycles. The van der Waals surface area contributed by atoms with E-state index in [-0.39, 0.29) is 36.2 Å². The van der Waals surface area contributed by atoms with Crippen LogP contribution in [0.4, 0.5) is 0 Å². The monoisotopic (exact) mass is 337 g/mol. The Balaban J connectivity index is 1.84. The van der Waals surface area contributed by atoms with Crippen LogP contribution in [-0.2, 0) is 9.59 Å². The first kappa shape index (κ1) is 17.5. The average Bonchev–Trinajstić information content (AvgIpc) is 3.05. The topological polar surface area (TPSA) is 78.5 Å². The van der Waals surface area contributed by atoms with Crippen LogP contribution in [0.5, 0.6) is 0 Å². The second kappa shape index (κ2) is 8.10. The molecule has 1 aliphatic rings. The number of amides is 3. The van der Waals surface area contributed by atoms with E-state index in [0.717, 1.165) is 12.8 Å². The van der Waals surface area contributed by atoms with Crippen molar-refractivity contribution in [3.63, 3.8) is 0 Å². The molecule has 0 saturated carbocycles. The Bertz CT molecular complexity index is 557. The third-order valence-electron chi connectivity index (χ3n) is 3.68. The van der Waals surface area contributed by atoms with Crippen LogP contribution < -0.4 is 10.6 Å². The highest BCUT2D eigenvalue weighted by molar-refractivity contribution is 7.12. The van der Waals surface area contributed by atoms with Gasteiger partial charge in [-0.15, -0.1) is 11.3 Å². The van der Waals surface area contributed by atoms with E-state index in [9.17, 15) is 14.4 Å². The molecular weight excluding hydrogens is 314 g/mol. The minimum absolute atomic E-state index is 0.0185. The number of rotatable bonds is 5. The second-order valence-electron chi connectivity index (χ2n) is 6.01. The third-order valence-corrected chi connectivity index (χ3v) is 4.54. The Hall–Kier alpha value is -1.89. The lowest BCUT2D eigenvalue weighted by Crippen LogP contribution is -2.47. The van der Waals surface area contributed by atoms with Crippen LogP contribution in [-0.4, -0.2) is 48.3 Å². The van der Waals surface area contributed by atoms with Gasteiger partial charge in [-0.1, -0.05) is 6.07 Å². The maximum Gasteiger partial charge on any atom is 0.263 e. The molecule has 0 aromatic carbocycles. The van der Waals surface area contributed by atoms with Gasteiger partial charge in [0, 0.05) is 19.1 Å². The van der Waals surface area contributed by atoms with Crippen molar-refractivity contribution in [1.82, 2.24) is 15.5 Å². The molecule has 2 rings (SSSR count). The van der Waals surface area contributed by atoms with Crippen LogP contribution in [0.3, 0.4) is 0 Å². The first-order chi connectivity index (χ1) is 11.0. The molecule has 2 heterocycles.